The highest BCUT2D eigenvalue weighted by Crippen LogP contribution is 2.37. The molecular weight excluding hydrogens is 466 g/mol. The number of likely N-dealkylation sites (tertiary alicyclic amines) is 1. The topological polar surface area (TPSA) is 74.4 Å². The lowest BCUT2D eigenvalue weighted by atomic mass is 9.89. The first kappa shape index (κ1) is 24.1. The summed E-state index contributed by atoms with van der Waals surface area (Å²) in [7, 11) is 3.50. The van der Waals surface area contributed by atoms with E-state index in [1.165, 1.54) is 32.4 Å². The van der Waals surface area contributed by atoms with E-state index in [1.807, 2.05) is 22.8 Å². The molecule has 2 aliphatic rings. The van der Waals surface area contributed by atoms with Gasteiger partial charge >= 0.3 is 5.69 Å². The number of nitrogens with zero attached hydrogens (tertiary/aromatic N) is 5. The predicted octanol–water partition coefficient (Wildman–Crippen LogP) is 4.55. The second-order valence-electron chi connectivity index (χ2n) is 10.4. The van der Waals surface area contributed by atoms with Gasteiger partial charge in [0.25, 0.3) is 0 Å². The van der Waals surface area contributed by atoms with E-state index in [0.29, 0.717) is 5.65 Å². The van der Waals surface area contributed by atoms with Crippen molar-refractivity contribution in [3.8, 4) is 16.9 Å². The molecule has 0 bridgehead atoms. The number of benzene rings is 2. The zero-order chi connectivity index (χ0) is 25.4. The summed E-state index contributed by atoms with van der Waals surface area (Å²) in [4.78, 5) is 15.7. The Morgan fingerprint density at radius 2 is 1.73 bits per heavy atom. The van der Waals surface area contributed by atoms with E-state index in [4.69, 9.17) is 9.47 Å². The van der Waals surface area contributed by atoms with Crippen LogP contribution in [0.5, 0.6) is 5.75 Å². The van der Waals surface area contributed by atoms with Crippen LogP contribution < -0.4 is 10.4 Å². The zero-order valence-corrected chi connectivity index (χ0v) is 21.7. The molecule has 6 rings (SSSR count). The molecule has 0 radical (unpaired) electrons. The van der Waals surface area contributed by atoms with Crippen LogP contribution in [0.4, 0.5) is 0 Å². The van der Waals surface area contributed by atoms with Gasteiger partial charge in [0.05, 0.1) is 18.2 Å². The van der Waals surface area contributed by atoms with Gasteiger partial charge in [-0.15, -0.1) is 10.2 Å². The number of piperidine rings is 1. The molecule has 1 saturated heterocycles. The molecule has 1 saturated carbocycles. The van der Waals surface area contributed by atoms with Gasteiger partial charge in [0.1, 0.15) is 11.3 Å². The minimum Gasteiger partial charge on any atom is -0.494 e. The van der Waals surface area contributed by atoms with Crippen LogP contribution >= 0.6 is 0 Å². The molecule has 2 fully saturated rings. The van der Waals surface area contributed by atoms with Crippen molar-refractivity contribution in [3.05, 3.63) is 52.9 Å². The molecule has 1 aliphatic carbocycles. The second kappa shape index (κ2) is 10.3. The van der Waals surface area contributed by atoms with Crippen LogP contribution in [0, 0.1) is 0 Å². The number of imidazole rings is 1. The fourth-order valence-electron chi connectivity index (χ4n) is 5.76. The summed E-state index contributed by atoms with van der Waals surface area (Å²) in [5.74, 6) is 0.894. The molecule has 0 N–H and O–H groups in total. The zero-order valence-electron chi connectivity index (χ0n) is 21.7. The smallest absolute Gasteiger partial charge is 0.330 e. The van der Waals surface area contributed by atoms with Crippen LogP contribution in [0.2, 0.25) is 0 Å². The highest BCUT2D eigenvalue weighted by Gasteiger charge is 2.34. The Labute approximate surface area is 216 Å². The average molecular weight is 502 g/mol. The van der Waals surface area contributed by atoms with Crippen molar-refractivity contribution in [2.24, 2.45) is 7.05 Å². The predicted molar refractivity (Wildman–Crippen MR) is 145 cm³/mol. The first-order valence-electron chi connectivity index (χ1n) is 13.5. The van der Waals surface area contributed by atoms with Gasteiger partial charge in [-0.05, 0) is 80.6 Å². The maximum Gasteiger partial charge on any atom is 0.330 e. The molecule has 37 heavy (non-hydrogen) atoms. The number of methoxy groups -OCH3 is 1. The van der Waals surface area contributed by atoms with Crippen molar-refractivity contribution in [1.82, 2.24) is 24.2 Å². The van der Waals surface area contributed by atoms with E-state index in [2.05, 4.69) is 39.4 Å². The number of hydrogen-bond donors (Lipinski definition) is 0. The van der Waals surface area contributed by atoms with Crippen LogP contribution in [0.25, 0.3) is 33.2 Å². The van der Waals surface area contributed by atoms with Crippen molar-refractivity contribution in [1.29, 1.82) is 0 Å². The minimum atomic E-state index is -0.0523. The fraction of sp³-hybridized carbons (Fsp3) is 0.483. The lowest BCUT2D eigenvalue weighted by Gasteiger charge is -2.34. The molecule has 2 aromatic heterocycles. The lowest BCUT2D eigenvalue weighted by molar-refractivity contribution is 0.00635. The third kappa shape index (κ3) is 4.64. The molecule has 0 unspecified atom stereocenters. The highest BCUT2D eigenvalue weighted by atomic mass is 16.5. The number of aryl methyl sites for hydroxylation is 1. The fourth-order valence-corrected chi connectivity index (χ4v) is 5.76. The lowest BCUT2D eigenvalue weighted by Crippen LogP contribution is -2.37. The normalized spacial score (nSPS) is 20.4. The first-order chi connectivity index (χ1) is 18.1. The number of rotatable bonds is 8. The number of hydrogen-bond acceptors (Lipinski definition) is 6. The summed E-state index contributed by atoms with van der Waals surface area (Å²) in [6.07, 6.45) is 6.94. The van der Waals surface area contributed by atoms with Gasteiger partial charge in [-0.25, -0.2) is 4.79 Å². The van der Waals surface area contributed by atoms with E-state index < -0.39 is 0 Å². The second-order valence-corrected chi connectivity index (χ2v) is 10.4. The Kier molecular flexibility index (Phi) is 6.69. The first-order valence-corrected chi connectivity index (χ1v) is 13.5. The highest BCUT2D eigenvalue weighted by molar-refractivity contribution is 6.02. The monoisotopic (exact) mass is 501 g/mol. The van der Waals surface area contributed by atoms with Crippen LogP contribution in [-0.4, -0.2) is 63.7 Å². The van der Waals surface area contributed by atoms with E-state index in [1.54, 1.807) is 18.7 Å². The number of aromatic nitrogens is 4. The molecule has 2 aromatic carbocycles. The quantitative estimate of drug-likeness (QED) is 0.330. The molecule has 3 heterocycles. The van der Waals surface area contributed by atoms with Crippen molar-refractivity contribution in [2.75, 3.05) is 33.4 Å². The number of ether oxygens (including phenoxy) is 2. The van der Waals surface area contributed by atoms with E-state index >= 15 is 0 Å². The molecule has 8 heteroatoms. The average Bonchev–Trinajstić information content (AvgIpc) is 3.17. The van der Waals surface area contributed by atoms with Crippen LogP contribution in [0.1, 0.15) is 44.6 Å². The van der Waals surface area contributed by atoms with E-state index in [0.717, 1.165) is 65.7 Å². The van der Waals surface area contributed by atoms with Crippen molar-refractivity contribution in [2.45, 2.75) is 50.7 Å². The molecule has 0 spiro atoms. The van der Waals surface area contributed by atoms with E-state index in [9.17, 15) is 4.79 Å². The summed E-state index contributed by atoms with van der Waals surface area (Å²) in [6, 6.07) is 14.6. The van der Waals surface area contributed by atoms with Gasteiger partial charge in [-0.3, -0.25) is 9.13 Å². The van der Waals surface area contributed by atoms with Gasteiger partial charge in [0, 0.05) is 32.1 Å². The third-order valence-electron chi connectivity index (χ3n) is 8.06. The molecule has 4 aromatic rings. The summed E-state index contributed by atoms with van der Waals surface area (Å²) < 4.78 is 15.0. The maximum absolute atomic E-state index is 13.2. The number of fused-ring (bicyclic) bond motifs is 3. The molecule has 1 aliphatic heterocycles. The Hall–Kier alpha value is -3.23. The van der Waals surface area contributed by atoms with Gasteiger partial charge in [-0.2, -0.15) is 0 Å². The van der Waals surface area contributed by atoms with Crippen LogP contribution in [0.3, 0.4) is 0 Å². The Balaban J connectivity index is 1.23. The molecule has 0 atom stereocenters. The Morgan fingerprint density at radius 1 is 0.973 bits per heavy atom. The van der Waals surface area contributed by atoms with Crippen LogP contribution in [-0.2, 0) is 11.8 Å². The summed E-state index contributed by atoms with van der Waals surface area (Å²) >= 11 is 0. The van der Waals surface area contributed by atoms with Gasteiger partial charge < -0.3 is 14.4 Å². The van der Waals surface area contributed by atoms with E-state index in [-0.39, 0.29) is 17.8 Å². The summed E-state index contributed by atoms with van der Waals surface area (Å²) in [5.41, 5.74) is 4.37. The largest absolute Gasteiger partial charge is 0.494 e. The molecule has 8 nitrogen and oxygen atoms in total. The molecular formula is C29H35N5O3. The van der Waals surface area contributed by atoms with Crippen molar-refractivity contribution < 1.29 is 9.47 Å². The maximum atomic E-state index is 13.2. The van der Waals surface area contributed by atoms with Crippen molar-refractivity contribution in [3.63, 3.8) is 0 Å². The standard InChI is InChI=1S/C29H35N5O3/c1-32-28-27(34(29(32)35)22-18-24(19-22)36-2)25-17-21(9-12-26(25)30-31-28)20-7-10-23(11-8-20)37-16-6-15-33-13-4-3-5-14-33/h7-12,17,22,24H,3-6,13-16,18-19H2,1-2H3. The molecule has 0 amide bonds. The Bertz CT molecular complexity index is 1450. The van der Waals surface area contributed by atoms with Crippen LogP contribution in [0.15, 0.2) is 47.3 Å². The van der Waals surface area contributed by atoms with Crippen molar-refractivity contribution >= 4 is 22.1 Å². The minimum absolute atomic E-state index is 0.0523. The van der Waals surface area contributed by atoms with Gasteiger partial charge in [0.2, 0.25) is 0 Å². The van der Waals surface area contributed by atoms with Gasteiger partial charge in [-0.1, -0.05) is 24.6 Å². The van der Waals surface area contributed by atoms with Gasteiger partial charge in [0.15, 0.2) is 5.65 Å². The SMILES string of the molecule is COC1CC(n2c(=O)n(C)c3nnc4ccc(-c5ccc(OCCCN6CCCCC6)cc5)cc4c32)C1. The Morgan fingerprint density at radius 3 is 2.49 bits per heavy atom. The third-order valence-corrected chi connectivity index (χ3v) is 8.06. The summed E-state index contributed by atoms with van der Waals surface area (Å²) in [5, 5.41) is 9.75. The summed E-state index contributed by atoms with van der Waals surface area (Å²) in [6.45, 7) is 4.31. The molecule has 194 valence electrons.